The van der Waals surface area contributed by atoms with Gasteiger partial charge in [-0.3, -0.25) is 4.90 Å². The molecule has 0 radical (unpaired) electrons. The molecule has 4 rings (SSSR count). The maximum absolute atomic E-state index is 12.9. The van der Waals surface area contributed by atoms with Crippen LogP contribution in [0.4, 0.5) is 0 Å². The Morgan fingerprint density at radius 3 is 2.53 bits per heavy atom. The first-order valence-corrected chi connectivity index (χ1v) is 11.7. The van der Waals surface area contributed by atoms with Crippen molar-refractivity contribution in [3.05, 3.63) is 69.0 Å². The van der Waals surface area contributed by atoms with Crippen molar-refractivity contribution in [1.29, 1.82) is 0 Å². The van der Waals surface area contributed by atoms with Crippen molar-refractivity contribution in [3.63, 3.8) is 0 Å². The summed E-state index contributed by atoms with van der Waals surface area (Å²) in [5.74, 6) is 0.620. The van der Waals surface area contributed by atoms with Gasteiger partial charge in [0.2, 0.25) is 10.0 Å². The molecule has 1 aliphatic rings. The minimum atomic E-state index is -3.53. The van der Waals surface area contributed by atoms with Gasteiger partial charge in [-0.15, -0.1) is 0 Å². The van der Waals surface area contributed by atoms with Crippen LogP contribution in [0.15, 0.2) is 67.1 Å². The molecule has 30 heavy (non-hydrogen) atoms. The predicted molar refractivity (Wildman–Crippen MR) is 117 cm³/mol. The van der Waals surface area contributed by atoms with Gasteiger partial charge in [0.15, 0.2) is 0 Å². The second kappa shape index (κ2) is 8.50. The van der Waals surface area contributed by atoms with Crippen molar-refractivity contribution < 1.29 is 17.6 Å². The summed E-state index contributed by atoms with van der Waals surface area (Å²) >= 11 is 3.33. The Bertz CT molecular complexity index is 1230. The molecule has 0 atom stereocenters. The summed E-state index contributed by atoms with van der Waals surface area (Å²) in [6.07, 6.45) is 0. The molecule has 7 nitrogen and oxygen atoms in total. The zero-order chi connectivity index (χ0) is 21.3. The first-order valence-electron chi connectivity index (χ1n) is 9.46. The number of nitrogens with zero attached hydrogens (tertiary/aromatic N) is 2. The van der Waals surface area contributed by atoms with Crippen molar-refractivity contribution in [2.45, 2.75) is 11.4 Å². The van der Waals surface area contributed by atoms with Gasteiger partial charge >= 0.3 is 5.63 Å². The van der Waals surface area contributed by atoms with Crippen LogP contribution in [-0.4, -0.2) is 50.9 Å². The molecule has 1 saturated heterocycles. The Kier molecular flexibility index (Phi) is 5.97. The van der Waals surface area contributed by atoms with E-state index in [9.17, 15) is 13.2 Å². The maximum atomic E-state index is 12.9. The largest absolute Gasteiger partial charge is 0.497 e. The van der Waals surface area contributed by atoms with Crippen LogP contribution >= 0.6 is 15.9 Å². The second-order valence-corrected chi connectivity index (χ2v) is 9.94. The molecule has 1 aliphatic heterocycles. The van der Waals surface area contributed by atoms with Crippen molar-refractivity contribution in [2.24, 2.45) is 0 Å². The van der Waals surface area contributed by atoms with E-state index in [-0.39, 0.29) is 4.90 Å². The van der Waals surface area contributed by atoms with Gasteiger partial charge in [0.25, 0.3) is 0 Å². The molecule has 0 N–H and O–H groups in total. The Morgan fingerprint density at radius 1 is 1.07 bits per heavy atom. The molecule has 0 saturated carbocycles. The van der Waals surface area contributed by atoms with Gasteiger partial charge in [-0.2, -0.15) is 4.31 Å². The summed E-state index contributed by atoms with van der Waals surface area (Å²) < 4.78 is 38.6. The standard InChI is InChI=1S/C21H21BrN2O5S/c1-28-17-5-6-19-15(11-21(25)29-20(19)13-17)14-23-7-9-24(10-8-23)30(26,27)18-4-2-3-16(22)12-18/h2-6,11-13H,7-10,14H2,1H3. The highest BCUT2D eigenvalue weighted by Crippen LogP contribution is 2.25. The molecule has 0 unspecified atom stereocenters. The lowest BCUT2D eigenvalue weighted by molar-refractivity contribution is 0.182. The number of hydrogen-bond acceptors (Lipinski definition) is 6. The van der Waals surface area contributed by atoms with E-state index in [1.54, 1.807) is 37.4 Å². The topological polar surface area (TPSA) is 80.1 Å². The number of methoxy groups -OCH3 is 1. The van der Waals surface area contributed by atoms with Gasteiger partial charge in [0, 0.05) is 54.7 Å². The molecule has 9 heteroatoms. The molecular formula is C21H21BrN2O5S. The van der Waals surface area contributed by atoms with E-state index in [1.807, 2.05) is 12.1 Å². The lowest BCUT2D eigenvalue weighted by Gasteiger charge is -2.34. The number of benzene rings is 2. The van der Waals surface area contributed by atoms with Crippen molar-refractivity contribution in [1.82, 2.24) is 9.21 Å². The lowest BCUT2D eigenvalue weighted by atomic mass is 10.1. The van der Waals surface area contributed by atoms with E-state index in [4.69, 9.17) is 9.15 Å². The Labute approximate surface area is 183 Å². The summed E-state index contributed by atoms with van der Waals surface area (Å²) in [6, 6.07) is 13.6. The fourth-order valence-corrected chi connectivity index (χ4v) is 5.63. The number of ether oxygens (including phenoxy) is 1. The van der Waals surface area contributed by atoms with Gasteiger partial charge in [0.1, 0.15) is 11.3 Å². The molecule has 1 fully saturated rings. The molecule has 0 aliphatic carbocycles. The smallest absolute Gasteiger partial charge is 0.336 e. The molecule has 0 bridgehead atoms. The van der Waals surface area contributed by atoms with Gasteiger partial charge in [0.05, 0.1) is 12.0 Å². The highest BCUT2D eigenvalue weighted by Gasteiger charge is 2.28. The Morgan fingerprint density at radius 2 is 1.83 bits per heavy atom. The van der Waals surface area contributed by atoms with Crippen LogP contribution in [0.25, 0.3) is 11.0 Å². The summed E-state index contributed by atoms with van der Waals surface area (Å²) in [5.41, 5.74) is 0.918. The third-order valence-corrected chi connectivity index (χ3v) is 7.58. The Balaban J connectivity index is 1.50. The van der Waals surface area contributed by atoms with Crippen LogP contribution in [0, 0.1) is 0 Å². The molecule has 3 aromatic rings. The Hall–Kier alpha value is -2.20. The lowest BCUT2D eigenvalue weighted by Crippen LogP contribution is -2.48. The van der Waals surface area contributed by atoms with Crippen LogP contribution in [0.1, 0.15) is 5.56 Å². The fourth-order valence-electron chi connectivity index (χ4n) is 3.61. The third kappa shape index (κ3) is 4.29. The van der Waals surface area contributed by atoms with E-state index in [1.165, 1.54) is 10.4 Å². The number of piperazine rings is 1. The van der Waals surface area contributed by atoms with Crippen molar-refractivity contribution in [3.8, 4) is 5.75 Å². The average molecular weight is 493 g/mol. The van der Waals surface area contributed by atoms with Crippen LogP contribution in [0.2, 0.25) is 0 Å². The minimum Gasteiger partial charge on any atom is -0.497 e. The van der Waals surface area contributed by atoms with E-state index < -0.39 is 15.6 Å². The summed E-state index contributed by atoms with van der Waals surface area (Å²) in [6.45, 7) is 2.47. The van der Waals surface area contributed by atoms with Crippen LogP contribution in [-0.2, 0) is 16.6 Å². The first-order chi connectivity index (χ1) is 14.4. The van der Waals surface area contributed by atoms with E-state index in [2.05, 4.69) is 20.8 Å². The average Bonchev–Trinajstić information content (AvgIpc) is 2.73. The summed E-state index contributed by atoms with van der Waals surface area (Å²) in [5, 5.41) is 0.847. The quantitative estimate of drug-likeness (QED) is 0.509. The van der Waals surface area contributed by atoms with Crippen LogP contribution in [0.3, 0.4) is 0 Å². The van der Waals surface area contributed by atoms with Gasteiger partial charge in [-0.1, -0.05) is 22.0 Å². The third-order valence-electron chi connectivity index (χ3n) is 5.20. The number of halogens is 1. The molecule has 158 valence electrons. The zero-order valence-corrected chi connectivity index (χ0v) is 18.8. The second-order valence-electron chi connectivity index (χ2n) is 7.09. The minimum absolute atomic E-state index is 0.283. The van der Waals surface area contributed by atoms with Crippen LogP contribution in [0.5, 0.6) is 5.75 Å². The molecule has 2 heterocycles. The van der Waals surface area contributed by atoms with E-state index in [0.29, 0.717) is 44.1 Å². The monoisotopic (exact) mass is 492 g/mol. The van der Waals surface area contributed by atoms with Gasteiger partial charge in [-0.05, 0) is 35.9 Å². The zero-order valence-electron chi connectivity index (χ0n) is 16.4. The van der Waals surface area contributed by atoms with Crippen molar-refractivity contribution in [2.75, 3.05) is 33.3 Å². The SMILES string of the molecule is COc1ccc2c(CN3CCN(S(=O)(=O)c4cccc(Br)c4)CC3)cc(=O)oc2c1. The molecule has 0 amide bonds. The van der Waals surface area contributed by atoms with Gasteiger partial charge < -0.3 is 9.15 Å². The maximum Gasteiger partial charge on any atom is 0.336 e. The summed E-state index contributed by atoms with van der Waals surface area (Å²) in [4.78, 5) is 14.4. The summed E-state index contributed by atoms with van der Waals surface area (Å²) in [7, 11) is -1.97. The molecular weight excluding hydrogens is 472 g/mol. The molecule has 2 aromatic carbocycles. The van der Waals surface area contributed by atoms with E-state index in [0.717, 1.165) is 15.4 Å². The molecule has 0 spiro atoms. The van der Waals surface area contributed by atoms with E-state index >= 15 is 0 Å². The normalized spacial score (nSPS) is 16.1. The van der Waals surface area contributed by atoms with Crippen molar-refractivity contribution >= 4 is 36.9 Å². The number of rotatable bonds is 5. The molecule has 1 aromatic heterocycles. The number of fused-ring (bicyclic) bond motifs is 1. The highest BCUT2D eigenvalue weighted by molar-refractivity contribution is 9.10. The first kappa shape index (κ1) is 21.0. The number of sulfonamides is 1. The van der Waals surface area contributed by atoms with Crippen LogP contribution < -0.4 is 10.4 Å². The van der Waals surface area contributed by atoms with Gasteiger partial charge in [-0.25, -0.2) is 13.2 Å². The number of hydrogen-bond donors (Lipinski definition) is 0. The highest BCUT2D eigenvalue weighted by atomic mass is 79.9. The fraction of sp³-hybridized carbons (Fsp3) is 0.286. The predicted octanol–water partition coefficient (Wildman–Crippen LogP) is 3.07.